The number of carbonyl (C=O) groups excluding carboxylic acids is 2. The van der Waals surface area contributed by atoms with Crippen LogP contribution in [-0.2, 0) is 16.0 Å². The zero-order chi connectivity index (χ0) is 17.9. The third kappa shape index (κ3) is 3.61. The van der Waals surface area contributed by atoms with Gasteiger partial charge in [0.05, 0.1) is 11.8 Å². The molecule has 4 heteroatoms. The average Bonchev–Trinajstić information content (AvgIpc) is 2.93. The Labute approximate surface area is 155 Å². The van der Waals surface area contributed by atoms with Crippen LogP contribution in [0.15, 0.2) is 42.5 Å². The van der Waals surface area contributed by atoms with Crippen molar-refractivity contribution in [3.8, 4) is 0 Å². The highest BCUT2D eigenvalue weighted by molar-refractivity contribution is 6.05. The van der Waals surface area contributed by atoms with E-state index in [9.17, 15) is 9.59 Å². The van der Waals surface area contributed by atoms with Crippen LogP contribution in [0, 0.1) is 17.8 Å². The van der Waals surface area contributed by atoms with E-state index in [1.54, 1.807) is 4.90 Å². The summed E-state index contributed by atoms with van der Waals surface area (Å²) in [5.41, 5.74) is 1.39. The molecule has 0 N–H and O–H groups in total. The second kappa shape index (κ2) is 7.75. The highest BCUT2D eigenvalue weighted by atomic mass is 16.2. The lowest BCUT2D eigenvalue weighted by molar-refractivity contribution is -0.140. The van der Waals surface area contributed by atoms with E-state index < -0.39 is 0 Å². The zero-order valence-electron chi connectivity index (χ0n) is 15.3. The molecule has 0 radical (unpaired) electrons. The van der Waals surface area contributed by atoms with E-state index in [0.717, 1.165) is 51.7 Å². The molecule has 2 heterocycles. The Balaban J connectivity index is 1.25. The lowest BCUT2D eigenvalue weighted by Crippen LogP contribution is -2.41. The predicted octanol–water partition coefficient (Wildman–Crippen LogP) is 2.89. The first kappa shape index (κ1) is 17.5. The Morgan fingerprint density at radius 2 is 1.50 bits per heavy atom. The summed E-state index contributed by atoms with van der Waals surface area (Å²) in [7, 11) is 0. The molecule has 1 aliphatic carbocycles. The molecule has 1 aromatic rings. The highest BCUT2D eigenvalue weighted by Gasteiger charge is 2.47. The number of carbonyl (C=O) groups is 2. The fourth-order valence-corrected chi connectivity index (χ4v) is 4.63. The van der Waals surface area contributed by atoms with Gasteiger partial charge in [0.2, 0.25) is 11.8 Å². The summed E-state index contributed by atoms with van der Waals surface area (Å²) in [5, 5.41) is 0. The molecule has 0 bridgehead atoms. The minimum Gasteiger partial charge on any atom is -0.303 e. The molecule has 0 saturated carbocycles. The van der Waals surface area contributed by atoms with Gasteiger partial charge in [-0.3, -0.25) is 14.5 Å². The van der Waals surface area contributed by atoms with Crippen molar-refractivity contribution in [3.05, 3.63) is 48.0 Å². The molecule has 2 unspecified atom stereocenters. The number of hydrogen-bond acceptors (Lipinski definition) is 3. The molecular formula is C22H28N2O2. The number of imide groups is 1. The first-order valence-electron chi connectivity index (χ1n) is 9.99. The van der Waals surface area contributed by atoms with Gasteiger partial charge in [0.25, 0.3) is 0 Å². The smallest absolute Gasteiger partial charge is 0.233 e. The van der Waals surface area contributed by atoms with Gasteiger partial charge < -0.3 is 4.90 Å². The SMILES string of the molecule is O=C1C2CC=CCC2C(=O)N1CC1CCN(CCc2ccccc2)CC1. The van der Waals surface area contributed by atoms with Crippen LogP contribution in [0.1, 0.15) is 31.2 Å². The van der Waals surface area contributed by atoms with Crippen molar-refractivity contribution < 1.29 is 9.59 Å². The Morgan fingerprint density at radius 3 is 2.12 bits per heavy atom. The maximum absolute atomic E-state index is 12.6. The summed E-state index contributed by atoms with van der Waals surface area (Å²) in [6.45, 7) is 3.87. The van der Waals surface area contributed by atoms with Crippen LogP contribution in [0.4, 0.5) is 0 Å². The molecule has 26 heavy (non-hydrogen) atoms. The maximum atomic E-state index is 12.6. The predicted molar refractivity (Wildman–Crippen MR) is 101 cm³/mol. The van der Waals surface area contributed by atoms with Crippen LogP contribution in [0.25, 0.3) is 0 Å². The second-order valence-electron chi connectivity index (χ2n) is 7.96. The summed E-state index contributed by atoms with van der Waals surface area (Å²) in [6, 6.07) is 10.6. The largest absolute Gasteiger partial charge is 0.303 e. The summed E-state index contributed by atoms with van der Waals surface area (Å²) in [6.07, 6.45) is 8.85. The zero-order valence-corrected chi connectivity index (χ0v) is 15.3. The van der Waals surface area contributed by atoms with Gasteiger partial charge in [0, 0.05) is 13.1 Å². The van der Waals surface area contributed by atoms with Crippen LogP contribution < -0.4 is 0 Å². The molecule has 4 rings (SSSR count). The lowest BCUT2D eigenvalue weighted by Gasteiger charge is -2.33. The lowest BCUT2D eigenvalue weighted by atomic mass is 9.85. The van der Waals surface area contributed by atoms with Gasteiger partial charge >= 0.3 is 0 Å². The van der Waals surface area contributed by atoms with Gasteiger partial charge in [0.15, 0.2) is 0 Å². The molecule has 0 spiro atoms. The van der Waals surface area contributed by atoms with Crippen molar-refractivity contribution in [2.75, 3.05) is 26.2 Å². The molecule has 2 saturated heterocycles. The van der Waals surface area contributed by atoms with Crippen LogP contribution >= 0.6 is 0 Å². The molecule has 138 valence electrons. The normalized spacial score (nSPS) is 27.2. The van der Waals surface area contributed by atoms with Crippen molar-refractivity contribution >= 4 is 11.8 Å². The number of rotatable bonds is 5. The first-order valence-corrected chi connectivity index (χ1v) is 9.99. The average molecular weight is 352 g/mol. The van der Waals surface area contributed by atoms with Crippen molar-refractivity contribution in [1.29, 1.82) is 0 Å². The molecule has 2 fully saturated rings. The molecule has 3 aliphatic rings. The Hall–Kier alpha value is -1.94. The number of hydrogen-bond donors (Lipinski definition) is 0. The summed E-state index contributed by atoms with van der Waals surface area (Å²) < 4.78 is 0. The van der Waals surface area contributed by atoms with Crippen LogP contribution in [-0.4, -0.2) is 47.8 Å². The summed E-state index contributed by atoms with van der Waals surface area (Å²) in [5.74, 6) is 0.452. The van der Waals surface area contributed by atoms with Gasteiger partial charge in [-0.25, -0.2) is 0 Å². The number of fused-ring (bicyclic) bond motifs is 1. The number of piperidine rings is 1. The molecular weight excluding hydrogens is 324 g/mol. The van der Waals surface area contributed by atoms with E-state index in [1.807, 2.05) is 0 Å². The minimum absolute atomic E-state index is 0.0795. The Kier molecular flexibility index (Phi) is 5.21. The van der Waals surface area contributed by atoms with Gasteiger partial charge in [-0.1, -0.05) is 42.5 Å². The van der Waals surface area contributed by atoms with Crippen molar-refractivity contribution in [1.82, 2.24) is 9.80 Å². The van der Waals surface area contributed by atoms with Crippen molar-refractivity contribution in [2.45, 2.75) is 32.1 Å². The van der Waals surface area contributed by atoms with Crippen molar-refractivity contribution in [2.24, 2.45) is 17.8 Å². The van der Waals surface area contributed by atoms with E-state index in [1.165, 1.54) is 5.56 Å². The van der Waals surface area contributed by atoms with Crippen LogP contribution in [0.5, 0.6) is 0 Å². The Bertz CT molecular complexity index is 651. The van der Waals surface area contributed by atoms with Gasteiger partial charge in [-0.2, -0.15) is 0 Å². The van der Waals surface area contributed by atoms with Gasteiger partial charge in [-0.05, 0) is 56.7 Å². The van der Waals surface area contributed by atoms with Crippen LogP contribution in [0.2, 0.25) is 0 Å². The topological polar surface area (TPSA) is 40.6 Å². The fraction of sp³-hybridized carbons (Fsp3) is 0.545. The number of likely N-dealkylation sites (tertiary alicyclic amines) is 2. The molecule has 2 atom stereocenters. The van der Waals surface area contributed by atoms with Crippen molar-refractivity contribution in [3.63, 3.8) is 0 Å². The van der Waals surface area contributed by atoms with Gasteiger partial charge in [0.1, 0.15) is 0 Å². The van der Waals surface area contributed by atoms with E-state index in [4.69, 9.17) is 0 Å². The Morgan fingerprint density at radius 1 is 0.885 bits per heavy atom. The number of benzene rings is 1. The maximum Gasteiger partial charge on any atom is 0.233 e. The molecule has 2 amide bonds. The number of allylic oxidation sites excluding steroid dienone is 2. The molecule has 4 nitrogen and oxygen atoms in total. The highest BCUT2D eigenvalue weighted by Crippen LogP contribution is 2.36. The number of nitrogens with zero attached hydrogens (tertiary/aromatic N) is 2. The quantitative estimate of drug-likeness (QED) is 0.604. The summed E-state index contributed by atoms with van der Waals surface area (Å²) in [4.78, 5) is 29.3. The first-order chi connectivity index (χ1) is 12.7. The monoisotopic (exact) mass is 352 g/mol. The minimum atomic E-state index is -0.0848. The molecule has 0 aromatic heterocycles. The third-order valence-corrected chi connectivity index (χ3v) is 6.31. The summed E-state index contributed by atoms with van der Waals surface area (Å²) >= 11 is 0. The standard InChI is InChI=1S/C22H28N2O2/c25-21-19-8-4-5-9-20(19)22(26)24(21)16-18-11-14-23(15-12-18)13-10-17-6-2-1-3-7-17/h1-7,18-20H,8-16H2. The second-order valence-corrected chi connectivity index (χ2v) is 7.96. The molecule has 2 aliphatic heterocycles. The third-order valence-electron chi connectivity index (χ3n) is 6.31. The van der Waals surface area contributed by atoms with E-state index >= 15 is 0 Å². The molecule has 1 aromatic carbocycles. The van der Waals surface area contributed by atoms with Crippen LogP contribution in [0.3, 0.4) is 0 Å². The van der Waals surface area contributed by atoms with E-state index in [-0.39, 0.29) is 23.7 Å². The van der Waals surface area contributed by atoms with Gasteiger partial charge in [-0.15, -0.1) is 0 Å². The number of amides is 2. The van der Waals surface area contributed by atoms with E-state index in [2.05, 4.69) is 47.4 Å². The fourth-order valence-electron chi connectivity index (χ4n) is 4.63. The van der Waals surface area contributed by atoms with E-state index in [0.29, 0.717) is 12.5 Å².